The number of para-hydroxylation sites is 1. The second-order valence-corrected chi connectivity index (χ2v) is 4.50. The SMILES string of the molecule is C=CCNC(=O)C(C)Oc1c(CNC)cccc1OCC. The molecule has 0 heterocycles. The standard InChI is InChI=1S/C16H24N2O3/c1-5-10-18-16(19)12(3)21-15-13(11-17-4)8-7-9-14(15)20-6-2/h5,7-9,12,17H,1,6,10-11H2,2-4H3,(H,18,19). The summed E-state index contributed by atoms with van der Waals surface area (Å²) in [6, 6.07) is 5.70. The molecule has 1 unspecified atom stereocenters. The fourth-order valence-electron chi connectivity index (χ4n) is 1.84. The summed E-state index contributed by atoms with van der Waals surface area (Å²) < 4.78 is 11.4. The van der Waals surface area contributed by atoms with E-state index >= 15 is 0 Å². The van der Waals surface area contributed by atoms with Crippen LogP contribution in [-0.4, -0.2) is 32.2 Å². The van der Waals surface area contributed by atoms with Gasteiger partial charge < -0.3 is 20.1 Å². The molecule has 1 amide bonds. The number of rotatable bonds is 9. The Balaban J connectivity index is 2.92. The molecule has 0 fully saturated rings. The van der Waals surface area contributed by atoms with Gasteiger partial charge in [-0.15, -0.1) is 6.58 Å². The van der Waals surface area contributed by atoms with Crippen LogP contribution in [-0.2, 0) is 11.3 Å². The average Bonchev–Trinajstić information content (AvgIpc) is 2.48. The van der Waals surface area contributed by atoms with E-state index in [1.54, 1.807) is 13.0 Å². The second kappa shape index (κ2) is 9.02. The first-order valence-electron chi connectivity index (χ1n) is 7.08. The zero-order valence-electron chi connectivity index (χ0n) is 12.9. The maximum atomic E-state index is 11.9. The van der Waals surface area contributed by atoms with Gasteiger partial charge in [0.05, 0.1) is 6.61 Å². The third kappa shape index (κ3) is 5.11. The largest absolute Gasteiger partial charge is 0.490 e. The number of benzene rings is 1. The van der Waals surface area contributed by atoms with Crippen LogP contribution in [0.2, 0.25) is 0 Å². The highest BCUT2D eigenvalue weighted by Crippen LogP contribution is 2.32. The number of nitrogens with one attached hydrogen (secondary N) is 2. The number of hydrogen-bond donors (Lipinski definition) is 2. The average molecular weight is 292 g/mol. The van der Waals surface area contributed by atoms with Gasteiger partial charge in [0.1, 0.15) is 0 Å². The highest BCUT2D eigenvalue weighted by atomic mass is 16.5. The zero-order valence-corrected chi connectivity index (χ0v) is 12.9. The molecule has 0 spiro atoms. The van der Waals surface area contributed by atoms with Gasteiger partial charge in [-0.3, -0.25) is 4.79 Å². The van der Waals surface area contributed by atoms with Gasteiger partial charge in [0, 0.05) is 18.7 Å². The van der Waals surface area contributed by atoms with E-state index in [0.29, 0.717) is 31.2 Å². The molecule has 1 aromatic rings. The molecule has 2 N–H and O–H groups in total. The van der Waals surface area contributed by atoms with Crippen LogP contribution in [0, 0.1) is 0 Å². The molecule has 0 saturated carbocycles. The minimum atomic E-state index is -0.609. The van der Waals surface area contributed by atoms with Crippen LogP contribution in [0.4, 0.5) is 0 Å². The van der Waals surface area contributed by atoms with E-state index in [1.165, 1.54) is 0 Å². The predicted octanol–water partition coefficient (Wildman–Crippen LogP) is 1.87. The lowest BCUT2D eigenvalue weighted by molar-refractivity contribution is -0.127. The number of carbonyl (C=O) groups is 1. The highest BCUT2D eigenvalue weighted by Gasteiger charge is 2.18. The molecule has 0 aliphatic rings. The van der Waals surface area contributed by atoms with E-state index in [1.807, 2.05) is 32.2 Å². The van der Waals surface area contributed by atoms with Gasteiger partial charge >= 0.3 is 0 Å². The van der Waals surface area contributed by atoms with E-state index in [9.17, 15) is 4.79 Å². The molecule has 116 valence electrons. The fraction of sp³-hybridized carbons (Fsp3) is 0.438. The molecule has 5 heteroatoms. The molecule has 1 aromatic carbocycles. The van der Waals surface area contributed by atoms with Crippen LogP contribution in [0.15, 0.2) is 30.9 Å². The molecule has 1 rings (SSSR count). The van der Waals surface area contributed by atoms with Crippen molar-refractivity contribution in [1.29, 1.82) is 0 Å². The minimum absolute atomic E-state index is 0.184. The van der Waals surface area contributed by atoms with Crippen molar-refractivity contribution in [3.63, 3.8) is 0 Å². The Kier molecular flexibility index (Phi) is 7.32. The van der Waals surface area contributed by atoms with Gasteiger partial charge in [-0.1, -0.05) is 18.2 Å². The van der Waals surface area contributed by atoms with Crippen molar-refractivity contribution in [3.8, 4) is 11.5 Å². The summed E-state index contributed by atoms with van der Waals surface area (Å²) in [5.41, 5.74) is 0.951. The van der Waals surface area contributed by atoms with Crippen LogP contribution in [0.25, 0.3) is 0 Å². The third-order valence-electron chi connectivity index (χ3n) is 2.81. The Labute approximate surface area is 126 Å². The van der Waals surface area contributed by atoms with Crippen molar-refractivity contribution in [2.24, 2.45) is 0 Å². The molecule has 5 nitrogen and oxygen atoms in total. The molecule has 21 heavy (non-hydrogen) atoms. The lowest BCUT2D eigenvalue weighted by Crippen LogP contribution is -2.36. The van der Waals surface area contributed by atoms with E-state index in [4.69, 9.17) is 9.47 Å². The maximum Gasteiger partial charge on any atom is 0.261 e. The second-order valence-electron chi connectivity index (χ2n) is 4.50. The molecule has 0 aromatic heterocycles. The first-order valence-corrected chi connectivity index (χ1v) is 7.08. The highest BCUT2D eigenvalue weighted by molar-refractivity contribution is 5.81. The summed E-state index contributed by atoms with van der Waals surface area (Å²) in [5.74, 6) is 1.07. The van der Waals surface area contributed by atoms with Crippen molar-refractivity contribution in [1.82, 2.24) is 10.6 Å². The summed E-state index contributed by atoms with van der Waals surface area (Å²) in [6.07, 6.45) is 1.02. The van der Waals surface area contributed by atoms with Crippen molar-refractivity contribution in [3.05, 3.63) is 36.4 Å². The van der Waals surface area contributed by atoms with Gasteiger partial charge in [-0.2, -0.15) is 0 Å². The topological polar surface area (TPSA) is 59.6 Å². The van der Waals surface area contributed by atoms with Gasteiger partial charge in [-0.05, 0) is 27.0 Å². The molecule has 0 saturated heterocycles. The van der Waals surface area contributed by atoms with E-state index in [0.717, 1.165) is 5.56 Å². The summed E-state index contributed by atoms with van der Waals surface area (Å²) in [4.78, 5) is 11.9. The number of ether oxygens (including phenoxy) is 2. The van der Waals surface area contributed by atoms with Crippen LogP contribution in [0.3, 0.4) is 0 Å². The monoisotopic (exact) mass is 292 g/mol. The number of amides is 1. The molecular formula is C16H24N2O3. The fourth-order valence-corrected chi connectivity index (χ4v) is 1.84. The Morgan fingerprint density at radius 1 is 1.48 bits per heavy atom. The Hall–Kier alpha value is -2.01. The molecular weight excluding hydrogens is 268 g/mol. The van der Waals surface area contributed by atoms with Gasteiger partial charge in [-0.25, -0.2) is 0 Å². The van der Waals surface area contributed by atoms with Gasteiger partial charge in [0.15, 0.2) is 17.6 Å². The lowest BCUT2D eigenvalue weighted by Gasteiger charge is -2.19. The summed E-state index contributed by atoms with van der Waals surface area (Å²) >= 11 is 0. The Bertz CT molecular complexity index is 450. The summed E-state index contributed by atoms with van der Waals surface area (Å²) in [6.45, 7) is 8.79. The van der Waals surface area contributed by atoms with Crippen molar-refractivity contribution in [2.75, 3.05) is 20.2 Å². The van der Waals surface area contributed by atoms with Crippen LogP contribution in [0.5, 0.6) is 11.5 Å². The lowest BCUT2D eigenvalue weighted by atomic mass is 10.1. The van der Waals surface area contributed by atoms with Crippen molar-refractivity contribution < 1.29 is 14.3 Å². The van der Waals surface area contributed by atoms with Crippen molar-refractivity contribution >= 4 is 5.91 Å². The first kappa shape index (κ1) is 17.0. The normalized spacial score (nSPS) is 11.6. The third-order valence-corrected chi connectivity index (χ3v) is 2.81. The Morgan fingerprint density at radius 2 is 2.24 bits per heavy atom. The van der Waals surface area contributed by atoms with Crippen molar-refractivity contribution in [2.45, 2.75) is 26.5 Å². The van der Waals surface area contributed by atoms with E-state index < -0.39 is 6.10 Å². The number of hydrogen-bond acceptors (Lipinski definition) is 4. The first-order chi connectivity index (χ1) is 10.1. The minimum Gasteiger partial charge on any atom is -0.490 e. The molecule has 1 atom stereocenters. The van der Waals surface area contributed by atoms with Crippen LogP contribution in [0.1, 0.15) is 19.4 Å². The van der Waals surface area contributed by atoms with E-state index in [2.05, 4.69) is 17.2 Å². The zero-order chi connectivity index (χ0) is 15.7. The summed E-state index contributed by atoms with van der Waals surface area (Å²) in [5, 5.41) is 5.80. The van der Waals surface area contributed by atoms with Crippen LogP contribution < -0.4 is 20.1 Å². The molecule has 0 radical (unpaired) electrons. The Morgan fingerprint density at radius 3 is 2.86 bits per heavy atom. The molecule has 0 aliphatic heterocycles. The van der Waals surface area contributed by atoms with Gasteiger partial charge in [0.2, 0.25) is 0 Å². The van der Waals surface area contributed by atoms with E-state index in [-0.39, 0.29) is 5.91 Å². The summed E-state index contributed by atoms with van der Waals surface area (Å²) in [7, 11) is 1.86. The van der Waals surface area contributed by atoms with Crippen LogP contribution >= 0.6 is 0 Å². The maximum absolute atomic E-state index is 11.9. The smallest absolute Gasteiger partial charge is 0.261 e. The predicted molar refractivity (Wildman–Crippen MR) is 83.7 cm³/mol. The number of carbonyl (C=O) groups excluding carboxylic acids is 1. The quantitative estimate of drug-likeness (QED) is 0.682. The van der Waals surface area contributed by atoms with Gasteiger partial charge in [0.25, 0.3) is 5.91 Å². The molecule has 0 aliphatic carbocycles. The molecule has 0 bridgehead atoms.